The summed E-state index contributed by atoms with van der Waals surface area (Å²) in [5.74, 6) is -1.01. The molecule has 0 saturated heterocycles. The highest BCUT2D eigenvalue weighted by Gasteiger charge is 2.19. The number of aryl methyl sites for hydroxylation is 1. The summed E-state index contributed by atoms with van der Waals surface area (Å²) in [5, 5.41) is 13.1. The van der Waals surface area contributed by atoms with Crippen molar-refractivity contribution in [1.29, 1.82) is 0 Å². The topological polar surface area (TPSA) is 81.1 Å². The molecule has 0 radical (unpaired) electrons. The Morgan fingerprint density at radius 3 is 2.85 bits per heavy atom. The monoisotopic (exact) mass is 203 g/mol. The third-order valence-electron chi connectivity index (χ3n) is 1.68. The smallest absolute Gasteiger partial charge is 0.329 e. The minimum atomic E-state index is -1.01. The standard InChI is InChI=1S/C7H10ClN3O2/c1-4-5(8)3-11(10-4)6(2-9)7(12)13/h3,6H,2,9H2,1H3,(H,12,13). The summed E-state index contributed by atoms with van der Waals surface area (Å²) in [6.07, 6.45) is 1.46. The lowest BCUT2D eigenvalue weighted by Gasteiger charge is -2.08. The van der Waals surface area contributed by atoms with E-state index in [-0.39, 0.29) is 6.54 Å². The van der Waals surface area contributed by atoms with Gasteiger partial charge in [0.15, 0.2) is 6.04 Å². The second-order valence-electron chi connectivity index (χ2n) is 2.63. The van der Waals surface area contributed by atoms with Crippen LogP contribution in [0.25, 0.3) is 0 Å². The minimum absolute atomic E-state index is 0.00716. The molecule has 1 rings (SSSR count). The number of carbonyl (C=O) groups is 1. The second kappa shape index (κ2) is 3.76. The number of carboxylic acids is 1. The van der Waals surface area contributed by atoms with Crippen molar-refractivity contribution < 1.29 is 9.90 Å². The van der Waals surface area contributed by atoms with Crippen molar-refractivity contribution in [1.82, 2.24) is 9.78 Å². The molecule has 0 bridgehead atoms. The molecule has 6 heteroatoms. The van der Waals surface area contributed by atoms with Crippen LogP contribution in [-0.2, 0) is 4.79 Å². The van der Waals surface area contributed by atoms with Gasteiger partial charge in [0.1, 0.15) is 0 Å². The van der Waals surface area contributed by atoms with E-state index in [1.54, 1.807) is 6.92 Å². The van der Waals surface area contributed by atoms with E-state index in [4.69, 9.17) is 22.4 Å². The molecule has 0 amide bonds. The molecule has 0 aromatic carbocycles. The van der Waals surface area contributed by atoms with E-state index in [1.807, 2.05) is 0 Å². The third kappa shape index (κ3) is 1.99. The molecule has 5 nitrogen and oxygen atoms in total. The van der Waals surface area contributed by atoms with Crippen LogP contribution in [0, 0.1) is 6.92 Å². The summed E-state index contributed by atoms with van der Waals surface area (Å²) in [4.78, 5) is 10.7. The molecule has 1 unspecified atom stereocenters. The maximum absolute atomic E-state index is 10.7. The van der Waals surface area contributed by atoms with Crippen molar-refractivity contribution in [3.8, 4) is 0 Å². The lowest BCUT2D eigenvalue weighted by atomic mass is 10.3. The third-order valence-corrected chi connectivity index (χ3v) is 2.06. The fourth-order valence-electron chi connectivity index (χ4n) is 0.941. The summed E-state index contributed by atoms with van der Waals surface area (Å²) in [6, 6.07) is -0.841. The van der Waals surface area contributed by atoms with Crippen LogP contribution in [-0.4, -0.2) is 27.4 Å². The van der Waals surface area contributed by atoms with Gasteiger partial charge in [0.25, 0.3) is 0 Å². The average molecular weight is 204 g/mol. The number of aliphatic carboxylic acids is 1. The lowest BCUT2D eigenvalue weighted by Crippen LogP contribution is -2.27. The van der Waals surface area contributed by atoms with E-state index in [2.05, 4.69) is 5.10 Å². The Bertz CT molecular complexity index is 304. The van der Waals surface area contributed by atoms with Gasteiger partial charge in [-0.05, 0) is 6.92 Å². The van der Waals surface area contributed by atoms with Crippen LogP contribution in [0.15, 0.2) is 6.20 Å². The minimum Gasteiger partial charge on any atom is -0.480 e. The average Bonchev–Trinajstić information content (AvgIpc) is 2.32. The molecule has 3 N–H and O–H groups in total. The molecule has 1 aromatic heterocycles. The number of nitrogens with two attached hydrogens (primary N) is 1. The van der Waals surface area contributed by atoms with Gasteiger partial charge in [0.05, 0.1) is 10.7 Å². The molecule has 13 heavy (non-hydrogen) atoms. The number of halogens is 1. The van der Waals surface area contributed by atoms with Crippen LogP contribution >= 0.6 is 11.6 Å². The van der Waals surface area contributed by atoms with Crippen molar-refractivity contribution in [3.05, 3.63) is 16.9 Å². The molecule has 0 saturated carbocycles. The fourth-order valence-corrected chi connectivity index (χ4v) is 1.08. The van der Waals surface area contributed by atoms with Crippen molar-refractivity contribution in [3.63, 3.8) is 0 Å². The zero-order chi connectivity index (χ0) is 10.0. The number of nitrogens with zero attached hydrogens (tertiary/aromatic N) is 2. The van der Waals surface area contributed by atoms with Gasteiger partial charge < -0.3 is 10.8 Å². The van der Waals surface area contributed by atoms with Crippen molar-refractivity contribution in [2.24, 2.45) is 5.73 Å². The van der Waals surface area contributed by atoms with Crippen molar-refractivity contribution in [2.75, 3.05) is 6.54 Å². The Morgan fingerprint density at radius 1 is 1.92 bits per heavy atom. The van der Waals surface area contributed by atoms with E-state index in [0.717, 1.165) is 0 Å². The van der Waals surface area contributed by atoms with Crippen LogP contribution < -0.4 is 5.73 Å². The summed E-state index contributed by atoms with van der Waals surface area (Å²) < 4.78 is 1.26. The molecule has 0 spiro atoms. The van der Waals surface area contributed by atoms with Crippen LogP contribution in [0.5, 0.6) is 0 Å². The van der Waals surface area contributed by atoms with E-state index in [0.29, 0.717) is 10.7 Å². The molecule has 1 atom stereocenters. The van der Waals surface area contributed by atoms with Crippen LogP contribution in [0.1, 0.15) is 11.7 Å². The highest BCUT2D eigenvalue weighted by molar-refractivity contribution is 6.31. The number of carboxylic acid groups (broad SMARTS) is 1. The maximum atomic E-state index is 10.7. The van der Waals surface area contributed by atoms with Gasteiger partial charge >= 0.3 is 5.97 Å². The highest BCUT2D eigenvalue weighted by Crippen LogP contribution is 2.15. The Morgan fingerprint density at radius 2 is 2.54 bits per heavy atom. The molecule has 0 aliphatic carbocycles. The summed E-state index contributed by atoms with van der Waals surface area (Å²) >= 11 is 5.72. The van der Waals surface area contributed by atoms with Gasteiger partial charge in [-0.1, -0.05) is 11.6 Å². The normalized spacial score (nSPS) is 12.8. The number of hydrogen-bond acceptors (Lipinski definition) is 3. The second-order valence-corrected chi connectivity index (χ2v) is 3.04. The molecule has 72 valence electrons. The van der Waals surface area contributed by atoms with Crippen LogP contribution in [0.4, 0.5) is 0 Å². The lowest BCUT2D eigenvalue weighted by molar-refractivity contribution is -0.140. The number of rotatable bonds is 3. The van der Waals surface area contributed by atoms with Gasteiger partial charge in [-0.15, -0.1) is 0 Å². The molecule has 1 heterocycles. The molecular formula is C7H10ClN3O2. The van der Waals surface area contributed by atoms with Crippen molar-refractivity contribution >= 4 is 17.6 Å². The van der Waals surface area contributed by atoms with Crippen LogP contribution in [0.3, 0.4) is 0 Å². The van der Waals surface area contributed by atoms with Gasteiger partial charge in [-0.3, -0.25) is 4.68 Å². The SMILES string of the molecule is Cc1nn(C(CN)C(=O)O)cc1Cl. The molecular weight excluding hydrogens is 194 g/mol. The summed E-state index contributed by atoms with van der Waals surface area (Å²) in [7, 11) is 0. The maximum Gasteiger partial charge on any atom is 0.329 e. The van der Waals surface area contributed by atoms with E-state index < -0.39 is 12.0 Å². The largest absolute Gasteiger partial charge is 0.480 e. The van der Waals surface area contributed by atoms with Gasteiger partial charge in [0, 0.05) is 12.7 Å². The predicted molar refractivity (Wildman–Crippen MR) is 47.7 cm³/mol. The Hall–Kier alpha value is -1.07. The molecule has 0 fully saturated rings. The summed E-state index contributed by atoms with van der Waals surface area (Å²) in [6.45, 7) is 1.70. The van der Waals surface area contributed by atoms with E-state index in [9.17, 15) is 4.79 Å². The first-order valence-electron chi connectivity index (χ1n) is 3.70. The number of hydrogen-bond donors (Lipinski definition) is 2. The molecule has 0 aliphatic heterocycles. The van der Waals surface area contributed by atoms with Gasteiger partial charge in [0.2, 0.25) is 0 Å². The molecule has 0 aliphatic rings. The van der Waals surface area contributed by atoms with Crippen LogP contribution in [0.2, 0.25) is 5.02 Å². The first-order chi connectivity index (χ1) is 6.06. The van der Waals surface area contributed by atoms with E-state index >= 15 is 0 Å². The quantitative estimate of drug-likeness (QED) is 0.747. The van der Waals surface area contributed by atoms with E-state index in [1.165, 1.54) is 10.9 Å². The molecule has 1 aromatic rings. The summed E-state index contributed by atoms with van der Waals surface area (Å²) in [5.41, 5.74) is 5.88. The predicted octanol–water partition coefficient (Wildman–Crippen LogP) is 0.429. The first-order valence-corrected chi connectivity index (χ1v) is 4.08. The zero-order valence-corrected chi connectivity index (χ0v) is 7.82. The number of aromatic nitrogens is 2. The Balaban J connectivity index is 2.98. The Kier molecular flexibility index (Phi) is 2.90. The van der Waals surface area contributed by atoms with Gasteiger partial charge in [-0.2, -0.15) is 5.10 Å². The van der Waals surface area contributed by atoms with Crippen molar-refractivity contribution in [2.45, 2.75) is 13.0 Å². The highest BCUT2D eigenvalue weighted by atomic mass is 35.5. The fraction of sp³-hybridized carbons (Fsp3) is 0.429. The zero-order valence-electron chi connectivity index (χ0n) is 7.07. The first kappa shape index (κ1) is 10.0. The van der Waals surface area contributed by atoms with Gasteiger partial charge in [-0.25, -0.2) is 4.79 Å². The Labute approximate surface area is 80.1 Å².